The number of nitrogens with zero attached hydrogens (tertiary/aromatic N) is 2. The molecule has 1 unspecified atom stereocenters. The summed E-state index contributed by atoms with van der Waals surface area (Å²) in [6.07, 6.45) is 6.30. The van der Waals surface area contributed by atoms with Crippen LogP contribution in [0.5, 0.6) is 0 Å². The zero-order chi connectivity index (χ0) is 36.7. The van der Waals surface area contributed by atoms with Crippen molar-refractivity contribution in [1.82, 2.24) is 20.3 Å². The van der Waals surface area contributed by atoms with Crippen LogP contribution in [0.1, 0.15) is 92.9 Å². The molecule has 1 atom stereocenters. The van der Waals surface area contributed by atoms with Gasteiger partial charge in [-0.3, -0.25) is 9.63 Å². The smallest absolute Gasteiger partial charge is 0.408 e. The Labute approximate surface area is 307 Å². The molecule has 2 amide bonds. The Bertz CT molecular complexity index is 1850. The molecule has 1 saturated carbocycles. The number of aryl methyl sites for hydroxylation is 3. The molecular weight excluding hydrogens is 649 g/mol. The number of rotatable bonds is 12. The SMILES string of the molecule is Cc1cc2nc(CCC(NC(=O)OC(C)(C)C)C(=O)NOC(c3ccccc3)(c3ccccc3)c3ccccc3)n(CC3CCCCC3)c2cc1C. The highest BCUT2D eigenvalue weighted by molar-refractivity contribution is 5.85. The maximum absolute atomic E-state index is 14.3. The number of imidazole rings is 1. The molecule has 8 heteroatoms. The molecular formula is C44H52N4O4. The topological polar surface area (TPSA) is 94.5 Å². The van der Waals surface area contributed by atoms with Gasteiger partial charge in [-0.2, -0.15) is 0 Å². The van der Waals surface area contributed by atoms with Gasteiger partial charge in [-0.05, 0) is 99.7 Å². The van der Waals surface area contributed by atoms with Gasteiger partial charge < -0.3 is 14.6 Å². The van der Waals surface area contributed by atoms with Crippen molar-refractivity contribution in [3.8, 4) is 0 Å². The van der Waals surface area contributed by atoms with Crippen LogP contribution in [0, 0.1) is 19.8 Å². The van der Waals surface area contributed by atoms with Gasteiger partial charge in [0, 0.05) is 13.0 Å². The number of nitrogens with one attached hydrogen (secondary N) is 2. The average molecular weight is 701 g/mol. The Kier molecular flexibility index (Phi) is 11.4. The average Bonchev–Trinajstić information content (AvgIpc) is 3.46. The van der Waals surface area contributed by atoms with E-state index in [0.29, 0.717) is 12.3 Å². The van der Waals surface area contributed by atoms with Crippen molar-refractivity contribution in [1.29, 1.82) is 0 Å². The van der Waals surface area contributed by atoms with Gasteiger partial charge in [-0.25, -0.2) is 15.3 Å². The van der Waals surface area contributed by atoms with Crippen LogP contribution in [-0.4, -0.2) is 33.2 Å². The van der Waals surface area contributed by atoms with Gasteiger partial charge in [0.1, 0.15) is 17.5 Å². The van der Waals surface area contributed by atoms with E-state index >= 15 is 0 Å². The second-order valence-electron chi connectivity index (χ2n) is 15.2. The minimum absolute atomic E-state index is 0.287. The molecule has 272 valence electrons. The second kappa shape index (κ2) is 16.2. The zero-order valence-electron chi connectivity index (χ0n) is 31.2. The van der Waals surface area contributed by atoms with Crippen molar-refractivity contribution < 1.29 is 19.2 Å². The number of fused-ring (bicyclic) bond motifs is 1. The Morgan fingerprint density at radius 1 is 0.808 bits per heavy atom. The fourth-order valence-electron chi connectivity index (χ4n) is 7.34. The lowest BCUT2D eigenvalue weighted by molar-refractivity contribution is -0.145. The van der Waals surface area contributed by atoms with Crippen LogP contribution in [0.2, 0.25) is 0 Å². The molecule has 5 aromatic rings. The van der Waals surface area contributed by atoms with E-state index < -0.39 is 29.2 Å². The molecule has 4 aromatic carbocycles. The highest BCUT2D eigenvalue weighted by atomic mass is 16.7. The molecule has 52 heavy (non-hydrogen) atoms. The van der Waals surface area contributed by atoms with Gasteiger partial charge in [0.15, 0.2) is 5.60 Å². The van der Waals surface area contributed by atoms with Crippen LogP contribution in [0.15, 0.2) is 103 Å². The molecule has 0 spiro atoms. The predicted molar refractivity (Wildman–Crippen MR) is 206 cm³/mol. The molecule has 8 nitrogen and oxygen atoms in total. The molecule has 1 heterocycles. The first-order valence-electron chi connectivity index (χ1n) is 18.6. The van der Waals surface area contributed by atoms with Crippen molar-refractivity contribution in [3.63, 3.8) is 0 Å². The molecule has 6 rings (SSSR count). The summed E-state index contributed by atoms with van der Waals surface area (Å²) in [7, 11) is 0. The molecule has 1 aromatic heterocycles. The van der Waals surface area contributed by atoms with Crippen LogP contribution in [-0.2, 0) is 32.9 Å². The second-order valence-corrected chi connectivity index (χ2v) is 15.2. The van der Waals surface area contributed by atoms with E-state index in [-0.39, 0.29) is 6.42 Å². The van der Waals surface area contributed by atoms with Gasteiger partial charge in [0.25, 0.3) is 5.91 Å². The van der Waals surface area contributed by atoms with Gasteiger partial charge in [0.2, 0.25) is 0 Å². The monoisotopic (exact) mass is 700 g/mol. The lowest BCUT2D eigenvalue weighted by atomic mass is 9.80. The molecule has 1 fully saturated rings. The summed E-state index contributed by atoms with van der Waals surface area (Å²) >= 11 is 0. The number of hydroxylamine groups is 1. The maximum Gasteiger partial charge on any atom is 0.408 e. The summed E-state index contributed by atoms with van der Waals surface area (Å²) in [6, 6.07) is 32.9. The number of ether oxygens (including phenoxy) is 1. The molecule has 0 radical (unpaired) electrons. The van der Waals surface area contributed by atoms with Crippen LogP contribution < -0.4 is 10.8 Å². The minimum Gasteiger partial charge on any atom is -0.444 e. The van der Waals surface area contributed by atoms with Crippen molar-refractivity contribution in [2.45, 2.75) is 103 Å². The Hall–Kier alpha value is -4.95. The van der Waals surface area contributed by atoms with E-state index in [2.05, 4.69) is 41.3 Å². The summed E-state index contributed by atoms with van der Waals surface area (Å²) in [5.74, 6) is 1.00. The van der Waals surface area contributed by atoms with Gasteiger partial charge in [0.05, 0.1) is 11.0 Å². The number of hydrogen-bond donors (Lipinski definition) is 2. The van der Waals surface area contributed by atoms with E-state index in [1.807, 2.05) is 91.0 Å². The molecule has 0 bridgehead atoms. The van der Waals surface area contributed by atoms with E-state index in [1.165, 1.54) is 43.2 Å². The van der Waals surface area contributed by atoms with Crippen molar-refractivity contribution in [3.05, 3.63) is 137 Å². The summed E-state index contributed by atoms with van der Waals surface area (Å²) in [5, 5.41) is 2.86. The highest BCUT2D eigenvalue weighted by Crippen LogP contribution is 2.39. The van der Waals surface area contributed by atoms with Crippen LogP contribution in [0.4, 0.5) is 4.79 Å². The van der Waals surface area contributed by atoms with Crippen molar-refractivity contribution in [2.24, 2.45) is 5.92 Å². The molecule has 2 N–H and O–H groups in total. The number of carbonyl (C=O) groups is 2. The summed E-state index contributed by atoms with van der Waals surface area (Å²) < 4.78 is 7.98. The third-order valence-electron chi connectivity index (χ3n) is 10.1. The number of carbonyl (C=O) groups excluding carboxylic acids is 2. The molecule has 0 saturated heterocycles. The number of alkyl carbamates (subject to hydrolysis) is 1. The number of aromatic nitrogens is 2. The fourth-order valence-corrected chi connectivity index (χ4v) is 7.34. The van der Waals surface area contributed by atoms with Gasteiger partial charge in [-0.1, -0.05) is 110 Å². The molecule has 1 aliphatic rings. The third kappa shape index (κ3) is 8.56. The van der Waals surface area contributed by atoms with E-state index in [0.717, 1.165) is 40.1 Å². The fraction of sp³-hybridized carbons (Fsp3) is 0.386. The quantitative estimate of drug-likeness (QED) is 0.100. The first kappa shape index (κ1) is 36.8. The lowest BCUT2D eigenvalue weighted by Gasteiger charge is -2.35. The third-order valence-corrected chi connectivity index (χ3v) is 10.1. The van der Waals surface area contributed by atoms with Crippen LogP contribution in [0.3, 0.4) is 0 Å². The summed E-state index contributed by atoms with van der Waals surface area (Å²) in [4.78, 5) is 39.3. The first-order valence-corrected chi connectivity index (χ1v) is 18.6. The predicted octanol–water partition coefficient (Wildman–Crippen LogP) is 9.10. The Morgan fingerprint density at radius 2 is 1.35 bits per heavy atom. The van der Waals surface area contributed by atoms with E-state index in [4.69, 9.17) is 14.6 Å². The Balaban J connectivity index is 1.32. The zero-order valence-corrected chi connectivity index (χ0v) is 31.2. The number of amides is 2. The maximum atomic E-state index is 14.3. The summed E-state index contributed by atoms with van der Waals surface area (Å²) in [6.45, 7) is 10.5. The standard InChI is InChI=1S/C44H52N4O4/c1-31-28-38-39(29-32(31)2)48(30-33-18-10-6-11-19-33)40(45-38)27-26-37(46-42(50)51-43(3,4)5)41(49)47-52-44(34-20-12-7-13-21-34,35-22-14-8-15-23-35)36-24-16-9-17-25-36/h7-9,12-17,20-25,28-29,33,37H,6,10-11,18-19,26-27,30H2,1-5H3,(H,46,50)(H,47,49). The molecule has 1 aliphatic carbocycles. The van der Waals surface area contributed by atoms with Crippen molar-refractivity contribution >= 4 is 23.0 Å². The molecule has 0 aliphatic heterocycles. The minimum atomic E-state index is -1.18. The normalized spacial score (nSPS) is 14.6. The number of benzene rings is 4. The van der Waals surface area contributed by atoms with Gasteiger partial charge in [-0.15, -0.1) is 0 Å². The van der Waals surface area contributed by atoms with E-state index in [9.17, 15) is 9.59 Å². The number of hydrogen-bond acceptors (Lipinski definition) is 5. The van der Waals surface area contributed by atoms with Crippen LogP contribution in [0.25, 0.3) is 11.0 Å². The summed E-state index contributed by atoms with van der Waals surface area (Å²) in [5.41, 5.74) is 7.90. The van der Waals surface area contributed by atoms with E-state index in [1.54, 1.807) is 20.8 Å². The van der Waals surface area contributed by atoms with Crippen LogP contribution >= 0.6 is 0 Å². The van der Waals surface area contributed by atoms with Gasteiger partial charge >= 0.3 is 6.09 Å². The Morgan fingerprint density at radius 3 is 1.88 bits per heavy atom. The lowest BCUT2D eigenvalue weighted by Crippen LogP contribution is -2.50. The first-order chi connectivity index (χ1) is 25.0. The largest absolute Gasteiger partial charge is 0.444 e. The highest BCUT2D eigenvalue weighted by Gasteiger charge is 2.40. The van der Waals surface area contributed by atoms with Crippen molar-refractivity contribution in [2.75, 3.05) is 0 Å².